The van der Waals surface area contributed by atoms with E-state index in [1.54, 1.807) is 13.1 Å². The number of hydrogen-bond donors (Lipinski definition) is 2. The Morgan fingerprint density at radius 3 is 2.92 bits per heavy atom. The molecule has 66 valence electrons. The normalized spacial score (nSPS) is 12.9. The second-order valence-corrected chi connectivity index (χ2v) is 3.34. The Labute approximate surface area is 79.0 Å². The molecule has 0 aromatic carbocycles. The molecule has 1 atom stereocenters. The minimum absolute atomic E-state index is 0.365. The van der Waals surface area contributed by atoms with Gasteiger partial charge in [-0.1, -0.05) is 0 Å². The lowest BCUT2D eigenvalue weighted by molar-refractivity contribution is 0.194. The average Bonchev–Trinajstić information content (AvgIpc) is 1.96. The van der Waals surface area contributed by atoms with Crippen LogP contribution in [0.15, 0.2) is 10.8 Å². The fourth-order valence-electron chi connectivity index (χ4n) is 0.811. The summed E-state index contributed by atoms with van der Waals surface area (Å²) in [7, 11) is 0. The summed E-state index contributed by atoms with van der Waals surface area (Å²) in [5.74, 6) is 0.365. The number of nitrogen functional groups attached to an aromatic ring is 1. The van der Waals surface area contributed by atoms with Crippen molar-refractivity contribution in [3.63, 3.8) is 0 Å². The van der Waals surface area contributed by atoms with Gasteiger partial charge in [-0.2, -0.15) is 0 Å². The highest BCUT2D eigenvalue weighted by Gasteiger charge is 2.03. The lowest BCUT2D eigenvalue weighted by Gasteiger charge is -2.03. The largest absolute Gasteiger partial charge is 0.393 e. The minimum atomic E-state index is -0.408. The van der Waals surface area contributed by atoms with Crippen LogP contribution in [0.25, 0.3) is 0 Å². The van der Waals surface area contributed by atoms with Crippen LogP contribution in [0, 0.1) is 0 Å². The van der Waals surface area contributed by atoms with Crippen LogP contribution < -0.4 is 5.73 Å². The van der Waals surface area contributed by atoms with E-state index < -0.39 is 6.10 Å². The molecule has 0 aliphatic heterocycles. The molecule has 12 heavy (non-hydrogen) atoms. The zero-order valence-electron chi connectivity index (χ0n) is 6.66. The van der Waals surface area contributed by atoms with E-state index in [4.69, 9.17) is 10.8 Å². The average molecular weight is 232 g/mol. The van der Waals surface area contributed by atoms with E-state index in [-0.39, 0.29) is 0 Å². The molecule has 0 aliphatic carbocycles. The van der Waals surface area contributed by atoms with E-state index in [0.29, 0.717) is 16.8 Å². The predicted octanol–water partition coefficient (Wildman–Crippen LogP) is 0.745. The number of rotatable bonds is 2. The summed E-state index contributed by atoms with van der Waals surface area (Å²) in [5, 5.41) is 9.05. The van der Waals surface area contributed by atoms with E-state index in [0.717, 1.165) is 5.69 Å². The highest BCUT2D eigenvalue weighted by atomic mass is 79.9. The standard InChI is InChI=1S/C7H10BrN3O/c1-4(12)2-5-3-10-7(9)6(8)11-5/h3-4,12H,2H2,1H3,(H2,9,10)/t4-/m1/s1. The Bertz CT molecular complexity index is 277. The van der Waals surface area contributed by atoms with Crippen LogP contribution in [0.5, 0.6) is 0 Å². The summed E-state index contributed by atoms with van der Waals surface area (Å²) in [6.45, 7) is 1.70. The highest BCUT2D eigenvalue weighted by molar-refractivity contribution is 9.10. The van der Waals surface area contributed by atoms with Crippen LogP contribution in [0.1, 0.15) is 12.6 Å². The number of halogens is 1. The van der Waals surface area contributed by atoms with Gasteiger partial charge in [0.05, 0.1) is 18.0 Å². The maximum atomic E-state index is 9.05. The molecule has 0 amide bonds. The third kappa shape index (κ3) is 2.42. The lowest BCUT2D eigenvalue weighted by atomic mass is 10.2. The van der Waals surface area contributed by atoms with E-state index >= 15 is 0 Å². The SMILES string of the molecule is C[C@@H](O)Cc1cnc(N)c(Br)n1. The van der Waals surface area contributed by atoms with Crippen molar-refractivity contribution in [3.8, 4) is 0 Å². The molecule has 0 unspecified atom stereocenters. The van der Waals surface area contributed by atoms with Crippen molar-refractivity contribution < 1.29 is 5.11 Å². The molecule has 0 spiro atoms. The first-order valence-corrected chi connectivity index (χ1v) is 4.34. The van der Waals surface area contributed by atoms with Gasteiger partial charge in [-0.25, -0.2) is 9.97 Å². The molecule has 1 rings (SSSR count). The molecule has 0 saturated heterocycles. The number of aliphatic hydroxyl groups is 1. The summed E-state index contributed by atoms with van der Waals surface area (Å²) in [4.78, 5) is 7.97. The number of aliphatic hydroxyl groups excluding tert-OH is 1. The second kappa shape index (κ2) is 3.82. The topological polar surface area (TPSA) is 72.0 Å². The Morgan fingerprint density at radius 2 is 2.42 bits per heavy atom. The third-order valence-corrected chi connectivity index (χ3v) is 1.89. The van der Waals surface area contributed by atoms with Crippen molar-refractivity contribution in [3.05, 3.63) is 16.5 Å². The van der Waals surface area contributed by atoms with Gasteiger partial charge in [0, 0.05) is 6.42 Å². The van der Waals surface area contributed by atoms with Crippen LogP contribution in [-0.4, -0.2) is 21.2 Å². The van der Waals surface area contributed by atoms with E-state index in [1.165, 1.54) is 0 Å². The number of hydrogen-bond acceptors (Lipinski definition) is 4. The van der Waals surface area contributed by atoms with Gasteiger partial charge >= 0.3 is 0 Å². The van der Waals surface area contributed by atoms with Crippen molar-refractivity contribution in [2.45, 2.75) is 19.4 Å². The fraction of sp³-hybridized carbons (Fsp3) is 0.429. The molecule has 1 heterocycles. The second-order valence-electron chi connectivity index (χ2n) is 2.59. The summed E-state index contributed by atoms with van der Waals surface area (Å²) >= 11 is 3.16. The Morgan fingerprint density at radius 1 is 1.75 bits per heavy atom. The van der Waals surface area contributed by atoms with Gasteiger partial charge in [0.15, 0.2) is 5.82 Å². The van der Waals surface area contributed by atoms with Gasteiger partial charge < -0.3 is 10.8 Å². The molecule has 3 N–H and O–H groups in total. The number of aromatic nitrogens is 2. The maximum absolute atomic E-state index is 9.05. The molecule has 1 aromatic rings. The molecule has 0 saturated carbocycles. The molecule has 0 aliphatic rings. The van der Waals surface area contributed by atoms with Gasteiger partial charge in [-0.3, -0.25) is 0 Å². The van der Waals surface area contributed by atoms with Crippen molar-refractivity contribution in [1.82, 2.24) is 9.97 Å². The quantitative estimate of drug-likeness (QED) is 0.788. The highest BCUT2D eigenvalue weighted by Crippen LogP contribution is 2.13. The van der Waals surface area contributed by atoms with Gasteiger partial charge in [-0.15, -0.1) is 0 Å². The lowest BCUT2D eigenvalue weighted by Crippen LogP contribution is -2.07. The smallest absolute Gasteiger partial charge is 0.156 e. The first-order valence-electron chi connectivity index (χ1n) is 3.54. The molecule has 0 fully saturated rings. The van der Waals surface area contributed by atoms with Gasteiger partial charge in [0.2, 0.25) is 0 Å². The zero-order valence-corrected chi connectivity index (χ0v) is 8.24. The van der Waals surface area contributed by atoms with Crippen molar-refractivity contribution >= 4 is 21.7 Å². The summed E-state index contributed by atoms with van der Waals surface area (Å²) in [6.07, 6.45) is 1.65. The van der Waals surface area contributed by atoms with Gasteiger partial charge in [0.1, 0.15) is 4.60 Å². The first kappa shape index (κ1) is 9.41. The van der Waals surface area contributed by atoms with E-state index in [1.807, 2.05) is 0 Å². The van der Waals surface area contributed by atoms with Crippen LogP contribution in [0.4, 0.5) is 5.82 Å². The number of anilines is 1. The molecule has 0 bridgehead atoms. The van der Waals surface area contributed by atoms with Crippen molar-refractivity contribution in [2.75, 3.05) is 5.73 Å². The molecule has 5 heteroatoms. The van der Waals surface area contributed by atoms with Crippen molar-refractivity contribution in [1.29, 1.82) is 0 Å². The number of nitrogens with two attached hydrogens (primary N) is 1. The van der Waals surface area contributed by atoms with E-state index in [2.05, 4.69) is 25.9 Å². The minimum Gasteiger partial charge on any atom is -0.393 e. The van der Waals surface area contributed by atoms with Crippen LogP contribution >= 0.6 is 15.9 Å². The third-order valence-electron chi connectivity index (χ3n) is 1.31. The zero-order chi connectivity index (χ0) is 9.14. The number of nitrogens with zero attached hydrogens (tertiary/aromatic N) is 2. The van der Waals surface area contributed by atoms with Gasteiger partial charge in [-0.05, 0) is 22.9 Å². The molecular formula is C7H10BrN3O. The summed E-state index contributed by atoms with van der Waals surface area (Å²) in [6, 6.07) is 0. The van der Waals surface area contributed by atoms with E-state index in [9.17, 15) is 0 Å². The Kier molecular flexibility index (Phi) is 2.99. The van der Waals surface area contributed by atoms with Gasteiger partial charge in [0.25, 0.3) is 0 Å². The Hall–Kier alpha value is -0.680. The Balaban J connectivity index is 2.82. The monoisotopic (exact) mass is 231 g/mol. The fourth-order valence-corrected chi connectivity index (χ4v) is 1.14. The first-order chi connectivity index (χ1) is 5.59. The van der Waals surface area contributed by atoms with Crippen molar-refractivity contribution in [2.24, 2.45) is 0 Å². The summed E-state index contributed by atoms with van der Waals surface area (Å²) < 4.78 is 0.528. The molecule has 4 nitrogen and oxygen atoms in total. The molecular weight excluding hydrogens is 222 g/mol. The van der Waals surface area contributed by atoms with Crippen LogP contribution in [0.2, 0.25) is 0 Å². The molecule has 1 aromatic heterocycles. The van der Waals surface area contributed by atoms with Crippen LogP contribution in [0.3, 0.4) is 0 Å². The summed E-state index contributed by atoms with van der Waals surface area (Å²) in [5.41, 5.74) is 6.16. The molecule has 0 radical (unpaired) electrons. The van der Waals surface area contributed by atoms with Crippen LogP contribution in [-0.2, 0) is 6.42 Å². The maximum Gasteiger partial charge on any atom is 0.156 e. The predicted molar refractivity (Wildman–Crippen MR) is 49.5 cm³/mol.